The molecule has 1 aromatic heterocycles. The number of carbonyl (C=O) groups is 1. The van der Waals surface area contributed by atoms with Crippen molar-refractivity contribution in [2.24, 2.45) is 0 Å². The van der Waals surface area contributed by atoms with Gasteiger partial charge >= 0.3 is 5.97 Å². The van der Waals surface area contributed by atoms with Crippen molar-refractivity contribution in [3.63, 3.8) is 0 Å². The van der Waals surface area contributed by atoms with Crippen LogP contribution in [0.5, 0.6) is 11.8 Å². The second-order valence-electron chi connectivity index (χ2n) is 18.1. The minimum atomic E-state index is -5.02. The zero-order valence-electron chi connectivity index (χ0n) is 40.1. The average molecular weight is 1090 g/mol. The Morgan fingerprint density at radius 3 is 1.77 bits per heavy atom. The zero-order valence-corrected chi connectivity index (χ0v) is 43.4. The van der Waals surface area contributed by atoms with Gasteiger partial charge in [-0.15, -0.1) is 4.73 Å². The number of hydrogen-bond donors (Lipinski definition) is 6. The topological polar surface area (TPSA) is 305 Å². The van der Waals surface area contributed by atoms with Crippen LogP contribution in [0, 0.1) is 0 Å². The van der Waals surface area contributed by atoms with E-state index in [0.29, 0.717) is 83.8 Å². The Morgan fingerprint density at radius 2 is 1.22 bits per heavy atom. The van der Waals surface area contributed by atoms with Gasteiger partial charge in [0.2, 0.25) is 17.4 Å². The smallest absolute Gasteiger partial charge is 0.333 e. The Morgan fingerprint density at radius 1 is 0.671 bits per heavy atom. The third kappa shape index (κ3) is 10.7. The maximum absolute atomic E-state index is 12.7. The summed E-state index contributed by atoms with van der Waals surface area (Å²) in [4.78, 5) is 16.8. The second-order valence-corrected chi connectivity index (χ2v) is 23.8. The summed E-state index contributed by atoms with van der Waals surface area (Å²) in [6, 6.07) is 12.4. The predicted octanol–water partition coefficient (Wildman–Crippen LogP) is 7.17. The highest BCUT2D eigenvalue weighted by Crippen LogP contribution is 2.54. The summed E-state index contributed by atoms with van der Waals surface area (Å²) in [5.74, 6) is -1.63. The number of ether oxygens (including phenoxy) is 1. The number of fused-ring (bicyclic) bond motifs is 6. The van der Waals surface area contributed by atoms with E-state index in [9.17, 15) is 66.9 Å². The van der Waals surface area contributed by atoms with Crippen molar-refractivity contribution < 1.29 is 81.0 Å². The third-order valence-electron chi connectivity index (χ3n) is 13.1. The van der Waals surface area contributed by atoms with Crippen LogP contribution in [-0.2, 0) is 60.8 Å². The van der Waals surface area contributed by atoms with Gasteiger partial charge in [-0.1, -0.05) is 42.9 Å². The number of nitrogens with zero attached hydrogens (tertiary/aromatic N) is 3. The summed E-state index contributed by atoms with van der Waals surface area (Å²) >= 11 is 0. The van der Waals surface area contributed by atoms with Crippen LogP contribution in [0.4, 0.5) is 11.4 Å². The lowest BCUT2D eigenvalue weighted by Crippen LogP contribution is -2.30. The van der Waals surface area contributed by atoms with Gasteiger partial charge in [-0.3, -0.25) is 18.2 Å². The number of aromatic nitrogens is 1. The summed E-state index contributed by atoms with van der Waals surface area (Å²) in [6.07, 6.45) is 14.1. The van der Waals surface area contributed by atoms with Crippen molar-refractivity contribution in [2.45, 2.75) is 90.2 Å². The molecule has 0 spiro atoms. The largest absolute Gasteiger partial charge is 0.492 e. The van der Waals surface area contributed by atoms with Gasteiger partial charge in [-0.2, -0.15) is 38.2 Å². The number of unbranched alkanes of at least 4 members (excludes halogenated alkanes) is 2. The van der Waals surface area contributed by atoms with E-state index in [1.54, 1.807) is 42.5 Å². The highest BCUT2D eigenvalue weighted by Gasteiger charge is 2.47. The molecule has 0 saturated carbocycles. The van der Waals surface area contributed by atoms with Crippen molar-refractivity contribution in [1.82, 2.24) is 4.73 Å². The maximum atomic E-state index is 12.7. The van der Waals surface area contributed by atoms with Gasteiger partial charge in [0.05, 0.1) is 15.2 Å². The molecule has 4 aromatic carbocycles. The van der Waals surface area contributed by atoms with Gasteiger partial charge in [-0.05, 0) is 106 Å². The van der Waals surface area contributed by atoms with Crippen LogP contribution in [0.15, 0.2) is 128 Å². The lowest BCUT2D eigenvalue weighted by Gasteiger charge is -2.30. The molecule has 7 rings (SSSR count). The Bertz CT molecular complexity index is 3680. The normalized spacial score (nSPS) is 17.9. The van der Waals surface area contributed by atoms with E-state index in [4.69, 9.17) is 9.57 Å². The molecule has 2 aliphatic rings. The molecule has 73 heavy (non-hydrogen) atoms. The molecule has 24 heteroatoms. The summed E-state index contributed by atoms with van der Waals surface area (Å²) in [7, 11) is -18.3. The molecule has 1 unspecified atom stereocenters. The molecule has 20 nitrogen and oxygen atoms in total. The molecule has 390 valence electrons. The fraction of sp³-hybridized carbons (Fsp3) is 0.306. The molecule has 3 heterocycles. The van der Waals surface area contributed by atoms with Crippen LogP contribution >= 0.6 is 0 Å². The fourth-order valence-corrected chi connectivity index (χ4v) is 12.5. The number of methoxy groups -OCH3 is 1. The van der Waals surface area contributed by atoms with E-state index in [1.165, 1.54) is 31.4 Å². The maximum Gasteiger partial charge on any atom is 0.333 e. The average Bonchev–Trinajstić information content (AvgIpc) is 3.83. The van der Waals surface area contributed by atoms with Gasteiger partial charge in [0, 0.05) is 84.1 Å². The van der Waals surface area contributed by atoms with Gasteiger partial charge < -0.3 is 24.7 Å². The van der Waals surface area contributed by atoms with Gasteiger partial charge in [0.15, 0.2) is 5.71 Å². The summed E-state index contributed by atoms with van der Waals surface area (Å²) in [5, 5.41) is 20.1. The fourth-order valence-electron chi connectivity index (χ4n) is 9.85. The molecule has 0 bridgehead atoms. The second kappa shape index (κ2) is 20.2. The van der Waals surface area contributed by atoms with Crippen LogP contribution in [0.3, 0.4) is 0 Å². The van der Waals surface area contributed by atoms with Crippen LogP contribution in [0.25, 0.3) is 21.5 Å². The number of rotatable bonds is 19. The van der Waals surface area contributed by atoms with Gasteiger partial charge in [0.1, 0.15) is 16.3 Å². The molecule has 0 fully saturated rings. The number of aromatic hydroxyl groups is 2. The van der Waals surface area contributed by atoms with E-state index in [1.807, 2.05) is 49.3 Å². The molecule has 0 amide bonds. The van der Waals surface area contributed by atoms with Crippen molar-refractivity contribution in [3.05, 3.63) is 120 Å². The molecule has 0 saturated heterocycles. The number of benzene rings is 4. The van der Waals surface area contributed by atoms with Crippen molar-refractivity contribution in [3.8, 4) is 11.8 Å². The number of carbonyl (C=O) groups excluding carboxylic acids is 1. The molecule has 2 aliphatic heterocycles. The van der Waals surface area contributed by atoms with Crippen molar-refractivity contribution in [2.75, 3.05) is 31.7 Å². The van der Waals surface area contributed by atoms with E-state index in [2.05, 4.69) is 0 Å². The molecule has 0 aliphatic carbocycles. The highest BCUT2D eigenvalue weighted by molar-refractivity contribution is 7.87. The first kappa shape index (κ1) is 54.6. The minimum absolute atomic E-state index is 0.00831. The summed E-state index contributed by atoms with van der Waals surface area (Å²) < 4.78 is 149. The first-order chi connectivity index (χ1) is 34.0. The third-order valence-corrected chi connectivity index (χ3v) is 16.6. The quantitative estimate of drug-likeness (QED) is 0.0207. The number of hydrogen-bond acceptors (Lipinski definition) is 14. The van der Waals surface area contributed by atoms with E-state index in [0.717, 1.165) is 17.8 Å². The molecule has 6 N–H and O–H groups in total. The Kier molecular flexibility index (Phi) is 15.1. The van der Waals surface area contributed by atoms with Crippen molar-refractivity contribution in [1.29, 1.82) is 0 Å². The first-order valence-corrected chi connectivity index (χ1v) is 28.4. The van der Waals surface area contributed by atoms with Crippen LogP contribution < -0.4 is 9.74 Å². The minimum Gasteiger partial charge on any atom is -0.492 e. The van der Waals surface area contributed by atoms with Gasteiger partial charge in [0.25, 0.3) is 40.5 Å². The molecule has 1 atom stereocenters. The van der Waals surface area contributed by atoms with Gasteiger partial charge in [-0.25, -0.2) is 4.79 Å². The van der Waals surface area contributed by atoms with E-state index < -0.39 is 88.6 Å². The molecule has 0 radical (unpaired) electrons. The number of allylic oxidation sites excluding steroid dienone is 8. The molecular formula is C49H54N3O17S4+. The lowest BCUT2D eigenvalue weighted by atomic mass is 9.76. The van der Waals surface area contributed by atoms with E-state index >= 15 is 0 Å². The first-order valence-electron chi connectivity index (χ1n) is 22.6. The zero-order chi connectivity index (χ0) is 53.6. The van der Waals surface area contributed by atoms with Crippen LogP contribution in [0.1, 0.15) is 70.9 Å². The number of anilines is 1. The molecule has 5 aromatic rings. The van der Waals surface area contributed by atoms with Crippen LogP contribution in [-0.4, -0.2) is 110 Å². The predicted molar refractivity (Wildman–Crippen MR) is 270 cm³/mol. The van der Waals surface area contributed by atoms with Crippen LogP contribution in [0.2, 0.25) is 0 Å². The summed E-state index contributed by atoms with van der Waals surface area (Å²) in [5.41, 5.74) is 1.90. The lowest BCUT2D eigenvalue weighted by molar-refractivity contribution is -0.433. The Balaban J connectivity index is 1.23. The van der Waals surface area contributed by atoms with Crippen molar-refractivity contribution >= 4 is 85.1 Å². The summed E-state index contributed by atoms with van der Waals surface area (Å²) in [6.45, 7) is 8.54. The standard InChI is InChI=1S/C49H53N3O17S4/c1-6-50-37-20-18-33-35(27-31(70(56,57)58)29-39(33)72(62,63)64)46(37)48(2,3)41(50)15-11-8-7-9-12-16-42-49(4,24-26-68-5)47-36-28-32(71(59,60)61)30-40(73(65,66)67)34(36)19-21-38(47)51(42)25-14-10-13-17-45(55)69-52-43(53)22-23-44(52)54/h7-9,11-12,15-16,18-23,27-30H,6,10,13-14,17,24-26H2,1-5H3,(H5-,53,54,56,57,58,59,60,61,62,63,64,65,66,67)/p+1. The monoisotopic (exact) mass is 1080 g/mol. The highest BCUT2D eigenvalue weighted by atomic mass is 32.2. The Labute approximate surface area is 422 Å². The molecular weight excluding hydrogens is 1030 g/mol. The van der Waals surface area contributed by atoms with E-state index in [-0.39, 0.29) is 34.6 Å². The SMILES string of the molecule is CC[N+]1=C(C=CC=CC=CC=C2N(CCCCCC(=O)On3c(O)ccc3O)c3ccc4c(S(=O)(=O)O)cc(S(=O)(=O)O)cc4c3C2(C)CCOC)C(C)(C)c2c1ccc1c(S(=O)(=O)O)cc(S(=O)(=O)O)cc21. The Hall–Kier alpha value is -6.22.